The minimum absolute atomic E-state index is 0.0380. The van der Waals surface area contributed by atoms with Gasteiger partial charge in [-0.3, -0.25) is 19.7 Å². The Hall–Kier alpha value is -1.69. The number of carbonyl (C=O) groups is 4. The topological polar surface area (TPSA) is 160 Å². The van der Waals surface area contributed by atoms with E-state index in [1.807, 2.05) is 0 Å². The van der Waals surface area contributed by atoms with Crippen LogP contribution in [0.15, 0.2) is 0 Å². The van der Waals surface area contributed by atoms with Crippen molar-refractivity contribution >= 4 is 34.7 Å². The van der Waals surface area contributed by atoms with E-state index in [0.717, 1.165) is 11.8 Å². The number of aliphatic hydroxyl groups excluding tert-OH is 1. The summed E-state index contributed by atoms with van der Waals surface area (Å²) in [5.41, 5.74) is 0. The zero-order chi connectivity index (χ0) is 16.3. The number of nitrogens with one attached hydrogen (secondary N) is 3. The van der Waals surface area contributed by atoms with Crippen LogP contribution in [0.5, 0.6) is 0 Å². The average Bonchev–Trinajstić information content (AvgIpc) is 2.45. The fourth-order valence-corrected chi connectivity index (χ4v) is 1.42. The highest BCUT2D eigenvalue weighted by molar-refractivity contribution is 8.14. The minimum atomic E-state index is -1.15. The monoisotopic (exact) mass is 322 g/mol. The van der Waals surface area contributed by atoms with Gasteiger partial charge in [-0.2, -0.15) is 5.90 Å². The van der Waals surface area contributed by atoms with Gasteiger partial charge in [-0.25, -0.2) is 4.79 Å². The van der Waals surface area contributed by atoms with Crippen molar-refractivity contribution in [3.05, 3.63) is 0 Å². The summed E-state index contributed by atoms with van der Waals surface area (Å²) in [6.45, 7) is 0.562. The Morgan fingerprint density at radius 3 is 2.43 bits per heavy atom. The van der Waals surface area contributed by atoms with Gasteiger partial charge >= 0.3 is 5.97 Å². The molecule has 1 atom stereocenters. The van der Waals surface area contributed by atoms with Gasteiger partial charge in [0.1, 0.15) is 12.8 Å². The zero-order valence-electron chi connectivity index (χ0n) is 11.4. The molecule has 0 aliphatic heterocycles. The number of aliphatic hydroxyl groups is 1. The van der Waals surface area contributed by atoms with Crippen molar-refractivity contribution in [1.29, 1.82) is 0 Å². The smallest absolute Gasteiger partial charge is 0.343 e. The molecule has 120 valence electrons. The van der Waals surface area contributed by atoms with Crippen LogP contribution in [0.25, 0.3) is 0 Å². The predicted octanol–water partition coefficient (Wildman–Crippen LogP) is -3.18. The first kappa shape index (κ1) is 19.3. The molecule has 0 saturated carbocycles. The van der Waals surface area contributed by atoms with Crippen LogP contribution in [0.2, 0.25) is 0 Å². The van der Waals surface area contributed by atoms with E-state index in [-0.39, 0.29) is 30.5 Å². The van der Waals surface area contributed by atoms with E-state index in [1.54, 1.807) is 0 Å². The molecule has 0 bridgehead atoms. The molecule has 0 rings (SSSR count). The second kappa shape index (κ2) is 11.0. The standard InChI is InChI=1S/C10H18N4O6S/c1-6(15)21-5-9(18)13-3-7(16)12-2-8(17)14-4-10(19)20-11/h7,12,16H,2-5,11H2,1H3,(H,13,18)(H,14,17)/t7-/m0/s1. The molecule has 21 heavy (non-hydrogen) atoms. The minimum Gasteiger partial charge on any atom is -0.377 e. The molecule has 0 aromatic rings. The van der Waals surface area contributed by atoms with Crippen molar-refractivity contribution < 1.29 is 29.1 Å². The lowest BCUT2D eigenvalue weighted by molar-refractivity contribution is -0.144. The predicted molar refractivity (Wildman–Crippen MR) is 73.4 cm³/mol. The summed E-state index contributed by atoms with van der Waals surface area (Å²) in [6.07, 6.45) is -1.15. The maximum absolute atomic E-state index is 11.2. The van der Waals surface area contributed by atoms with E-state index in [2.05, 4.69) is 26.7 Å². The number of hydrogen-bond donors (Lipinski definition) is 5. The molecule has 11 heteroatoms. The van der Waals surface area contributed by atoms with E-state index < -0.39 is 24.0 Å². The Balaban J connectivity index is 3.72. The lowest BCUT2D eigenvalue weighted by Crippen LogP contribution is -2.46. The Morgan fingerprint density at radius 2 is 1.86 bits per heavy atom. The molecule has 0 radical (unpaired) electrons. The molecular formula is C10H18N4O6S. The maximum Gasteiger partial charge on any atom is 0.343 e. The van der Waals surface area contributed by atoms with Crippen LogP contribution in [0.3, 0.4) is 0 Å². The zero-order valence-corrected chi connectivity index (χ0v) is 12.2. The largest absolute Gasteiger partial charge is 0.377 e. The molecule has 0 aromatic carbocycles. The maximum atomic E-state index is 11.2. The Kier molecular flexibility index (Phi) is 10.1. The van der Waals surface area contributed by atoms with E-state index >= 15 is 0 Å². The summed E-state index contributed by atoms with van der Waals surface area (Å²) >= 11 is 0.850. The Bertz CT molecular complexity index is 392. The first-order valence-corrected chi connectivity index (χ1v) is 6.81. The highest BCUT2D eigenvalue weighted by atomic mass is 32.2. The quantitative estimate of drug-likeness (QED) is 0.218. The van der Waals surface area contributed by atoms with Gasteiger partial charge in [-0.15, -0.1) is 0 Å². The van der Waals surface area contributed by atoms with Gasteiger partial charge in [-0.05, 0) is 0 Å². The van der Waals surface area contributed by atoms with Crippen molar-refractivity contribution in [3.8, 4) is 0 Å². The fourth-order valence-electron chi connectivity index (χ4n) is 0.986. The van der Waals surface area contributed by atoms with Crippen LogP contribution in [0, 0.1) is 0 Å². The summed E-state index contributed by atoms with van der Waals surface area (Å²) in [6, 6.07) is 0. The first-order chi connectivity index (χ1) is 9.85. The molecule has 0 heterocycles. The van der Waals surface area contributed by atoms with Crippen LogP contribution in [-0.2, 0) is 24.0 Å². The van der Waals surface area contributed by atoms with Crippen molar-refractivity contribution in [2.75, 3.05) is 25.4 Å². The third kappa shape index (κ3) is 11.8. The average molecular weight is 322 g/mol. The molecule has 2 amide bonds. The van der Waals surface area contributed by atoms with Crippen LogP contribution >= 0.6 is 11.8 Å². The number of rotatable bonds is 9. The van der Waals surface area contributed by atoms with Gasteiger partial charge in [0, 0.05) is 6.92 Å². The lowest BCUT2D eigenvalue weighted by atomic mass is 10.4. The molecule has 0 fully saturated rings. The summed E-state index contributed by atoms with van der Waals surface area (Å²) in [7, 11) is 0. The SMILES string of the molecule is CC(=O)SCC(=O)NC[C@H](O)NCC(=O)NCC(=O)ON. The summed E-state index contributed by atoms with van der Waals surface area (Å²) in [5.74, 6) is 2.76. The highest BCUT2D eigenvalue weighted by Gasteiger charge is 2.10. The van der Waals surface area contributed by atoms with Crippen LogP contribution in [-0.4, -0.2) is 59.6 Å². The summed E-state index contributed by atoms with van der Waals surface area (Å²) in [5, 5.41) is 16.3. The number of hydrogen-bond acceptors (Lipinski definition) is 9. The van der Waals surface area contributed by atoms with E-state index in [4.69, 9.17) is 0 Å². The number of carbonyl (C=O) groups excluding carboxylic acids is 4. The Morgan fingerprint density at radius 1 is 1.19 bits per heavy atom. The van der Waals surface area contributed by atoms with Crippen molar-refractivity contribution in [2.45, 2.75) is 13.2 Å². The number of amides is 2. The summed E-state index contributed by atoms with van der Waals surface area (Å²) in [4.78, 5) is 47.6. The first-order valence-electron chi connectivity index (χ1n) is 5.83. The van der Waals surface area contributed by atoms with Crippen LogP contribution in [0.1, 0.15) is 6.92 Å². The molecule has 10 nitrogen and oxygen atoms in total. The third-order valence-corrected chi connectivity index (χ3v) is 2.77. The van der Waals surface area contributed by atoms with Gasteiger partial charge < -0.3 is 20.6 Å². The molecule has 0 aromatic heterocycles. The van der Waals surface area contributed by atoms with Gasteiger partial charge in [0.25, 0.3) is 0 Å². The molecule has 0 aliphatic carbocycles. The van der Waals surface area contributed by atoms with Crippen molar-refractivity contribution in [2.24, 2.45) is 5.90 Å². The number of nitrogens with two attached hydrogens (primary N) is 1. The van der Waals surface area contributed by atoms with Crippen molar-refractivity contribution in [3.63, 3.8) is 0 Å². The van der Waals surface area contributed by atoms with E-state index in [0.29, 0.717) is 0 Å². The molecular weight excluding hydrogens is 304 g/mol. The number of thioether (sulfide) groups is 1. The van der Waals surface area contributed by atoms with E-state index in [1.165, 1.54) is 6.92 Å². The van der Waals surface area contributed by atoms with Gasteiger partial charge in [0.2, 0.25) is 11.8 Å². The van der Waals surface area contributed by atoms with Gasteiger partial charge in [0.15, 0.2) is 5.12 Å². The molecule has 0 spiro atoms. The van der Waals surface area contributed by atoms with Gasteiger partial charge in [-0.1, -0.05) is 11.8 Å². The molecule has 0 aliphatic rings. The Labute approximate surface area is 125 Å². The lowest BCUT2D eigenvalue weighted by Gasteiger charge is -2.13. The fraction of sp³-hybridized carbons (Fsp3) is 0.600. The van der Waals surface area contributed by atoms with Crippen molar-refractivity contribution in [1.82, 2.24) is 16.0 Å². The van der Waals surface area contributed by atoms with Crippen LogP contribution in [0.4, 0.5) is 0 Å². The third-order valence-electron chi connectivity index (χ3n) is 1.96. The normalized spacial score (nSPS) is 11.4. The summed E-state index contributed by atoms with van der Waals surface area (Å²) < 4.78 is 0. The van der Waals surface area contributed by atoms with Gasteiger partial charge in [0.05, 0.1) is 18.8 Å². The molecule has 6 N–H and O–H groups in total. The highest BCUT2D eigenvalue weighted by Crippen LogP contribution is 1.99. The second-order valence-corrected chi connectivity index (χ2v) is 4.90. The van der Waals surface area contributed by atoms with E-state index in [9.17, 15) is 24.3 Å². The second-order valence-electron chi connectivity index (χ2n) is 3.75. The molecule has 0 unspecified atom stereocenters. The molecule has 0 saturated heterocycles. The van der Waals surface area contributed by atoms with Crippen LogP contribution < -0.4 is 21.8 Å².